The van der Waals surface area contributed by atoms with E-state index < -0.39 is 11.8 Å². The van der Waals surface area contributed by atoms with Gasteiger partial charge in [0.25, 0.3) is 0 Å². The van der Waals surface area contributed by atoms with Crippen LogP contribution in [-0.2, 0) is 9.59 Å². The average molecular weight is 337 g/mol. The van der Waals surface area contributed by atoms with Crippen LogP contribution in [0.5, 0.6) is 0 Å². The van der Waals surface area contributed by atoms with Crippen LogP contribution in [0.3, 0.4) is 0 Å². The number of hydrogen-bond acceptors (Lipinski definition) is 3. The van der Waals surface area contributed by atoms with E-state index in [4.69, 9.17) is 0 Å². The van der Waals surface area contributed by atoms with Crippen molar-refractivity contribution in [3.8, 4) is 0 Å². The van der Waals surface area contributed by atoms with Gasteiger partial charge in [0, 0.05) is 5.69 Å². The topological polar surface area (TPSA) is 70.6 Å². The minimum Gasteiger partial charge on any atom is -0.317 e. The van der Waals surface area contributed by atoms with Gasteiger partial charge in [0.2, 0.25) is 0 Å². The number of nitrogens with one attached hydrogen (secondary N) is 2. The van der Waals surface area contributed by atoms with Gasteiger partial charge in [-0.05, 0) is 48.1 Å². The van der Waals surface area contributed by atoms with Crippen LogP contribution >= 0.6 is 0 Å². The van der Waals surface area contributed by atoms with Crippen molar-refractivity contribution in [2.45, 2.75) is 33.6 Å². The molecule has 0 saturated heterocycles. The average Bonchev–Trinajstić information content (AvgIpc) is 2.58. The maximum absolute atomic E-state index is 11.9. The summed E-state index contributed by atoms with van der Waals surface area (Å²) in [5.74, 6) is -1.10. The van der Waals surface area contributed by atoms with Gasteiger partial charge in [-0.25, -0.2) is 5.43 Å². The normalized spacial score (nSPS) is 10.9. The third kappa shape index (κ3) is 5.28. The molecule has 5 heteroatoms. The third-order valence-electron chi connectivity index (χ3n) is 3.83. The van der Waals surface area contributed by atoms with Gasteiger partial charge >= 0.3 is 11.8 Å². The first-order valence-corrected chi connectivity index (χ1v) is 8.18. The zero-order chi connectivity index (χ0) is 18.4. The fourth-order valence-corrected chi connectivity index (χ4v) is 2.23. The Morgan fingerprint density at radius 2 is 1.68 bits per heavy atom. The molecule has 5 nitrogen and oxygen atoms in total. The quantitative estimate of drug-likeness (QED) is 0.509. The monoisotopic (exact) mass is 337 g/mol. The minimum atomic E-state index is -0.809. The molecule has 2 N–H and O–H groups in total. The number of hydrogen-bond donors (Lipinski definition) is 2. The molecule has 0 aliphatic heterocycles. The molecule has 0 fully saturated rings. The second-order valence-electron chi connectivity index (χ2n) is 6.29. The Morgan fingerprint density at radius 3 is 2.32 bits per heavy atom. The van der Waals surface area contributed by atoms with Crippen molar-refractivity contribution in [3.05, 3.63) is 64.7 Å². The lowest BCUT2D eigenvalue weighted by atomic mass is 10.0. The number of nitrogens with zero attached hydrogens (tertiary/aromatic N) is 1. The molecule has 2 amide bonds. The zero-order valence-electron chi connectivity index (χ0n) is 15.0. The lowest BCUT2D eigenvalue weighted by Crippen LogP contribution is -2.32. The molecule has 2 aromatic rings. The Bertz CT molecular complexity index is 793. The van der Waals surface area contributed by atoms with Crippen LogP contribution in [0.15, 0.2) is 47.6 Å². The Morgan fingerprint density at radius 1 is 1.00 bits per heavy atom. The number of aryl methyl sites for hydroxylation is 2. The number of amides is 2. The number of carbonyl (C=O) groups excluding carboxylic acids is 2. The smallest absolute Gasteiger partial charge is 0.317 e. The summed E-state index contributed by atoms with van der Waals surface area (Å²) in [5.41, 5.74) is 6.83. The highest BCUT2D eigenvalue weighted by molar-refractivity contribution is 6.39. The summed E-state index contributed by atoms with van der Waals surface area (Å²) in [6.07, 6.45) is 1.51. The van der Waals surface area contributed by atoms with Gasteiger partial charge in [0.05, 0.1) is 6.21 Å². The largest absolute Gasteiger partial charge is 0.329 e. The number of hydrazone groups is 1. The van der Waals surface area contributed by atoms with E-state index in [1.165, 1.54) is 11.8 Å². The Hall–Kier alpha value is -2.95. The highest BCUT2D eigenvalue weighted by Gasteiger charge is 2.13. The van der Waals surface area contributed by atoms with E-state index in [1.54, 1.807) is 0 Å². The molecule has 0 aromatic heterocycles. The highest BCUT2D eigenvalue weighted by Crippen LogP contribution is 2.16. The summed E-state index contributed by atoms with van der Waals surface area (Å²) in [6.45, 7) is 8.03. The first-order chi connectivity index (χ1) is 11.9. The molecule has 0 saturated carbocycles. The standard InChI is InChI=1S/C20H23N3O2/c1-13(2)17-9-7-16(8-10-17)12-21-23-20(25)19(24)22-18-11-14(3)5-6-15(18)4/h5-13H,1-4H3,(H,22,24)(H,23,25). The summed E-state index contributed by atoms with van der Waals surface area (Å²) < 4.78 is 0. The fourth-order valence-electron chi connectivity index (χ4n) is 2.23. The summed E-state index contributed by atoms with van der Waals surface area (Å²) in [5, 5.41) is 6.43. The molecular weight excluding hydrogens is 314 g/mol. The van der Waals surface area contributed by atoms with Gasteiger partial charge in [0.1, 0.15) is 0 Å². The molecule has 0 bridgehead atoms. The SMILES string of the molecule is Cc1ccc(C)c(NC(=O)C(=O)NN=Cc2ccc(C(C)C)cc2)c1. The van der Waals surface area contributed by atoms with E-state index in [9.17, 15) is 9.59 Å². The second kappa shape index (κ2) is 8.24. The number of rotatable bonds is 4. The summed E-state index contributed by atoms with van der Waals surface area (Å²) in [7, 11) is 0. The molecule has 2 rings (SSSR count). The maximum atomic E-state index is 11.9. The van der Waals surface area contributed by atoms with Gasteiger partial charge in [-0.3, -0.25) is 9.59 Å². The Labute approximate surface area is 148 Å². The molecule has 130 valence electrons. The molecule has 0 unspecified atom stereocenters. The van der Waals surface area contributed by atoms with E-state index >= 15 is 0 Å². The van der Waals surface area contributed by atoms with Crippen LogP contribution < -0.4 is 10.7 Å². The number of benzene rings is 2. The number of carbonyl (C=O) groups is 2. The van der Waals surface area contributed by atoms with Crippen molar-refractivity contribution >= 4 is 23.7 Å². The van der Waals surface area contributed by atoms with Crippen molar-refractivity contribution < 1.29 is 9.59 Å². The van der Waals surface area contributed by atoms with E-state index in [1.807, 2.05) is 56.3 Å². The Balaban J connectivity index is 1.92. The molecule has 25 heavy (non-hydrogen) atoms. The summed E-state index contributed by atoms with van der Waals surface area (Å²) >= 11 is 0. The molecule has 0 atom stereocenters. The molecule has 0 spiro atoms. The molecule has 0 radical (unpaired) electrons. The van der Waals surface area contributed by atoms with Crippen LogP contribution in [0.25, 0.3) is 0 Å². The van der Waals surface area contributed by atoms with E-state index in [0.29, 0.717) is 11.6 Å². The predicted octanol–water partition coefficient (Wildman–Crippen LogP) is 3.52. The third-order valence-corrected chi connectivity index (χ3v) is 3.83. The van der Waals surface area contributed by atoms with Crippen LogP contribution in [0, 0.1) is 13.8 Å². The molecule has 0 heterocycles. The fraction of sp³-hybridized carbons (Fsp3) is 0.250. The Kier molecular flexibility index (Phi) is 6.06. The van der Waals surface area contributed by atoms with E-state index in [0.717, 1.165) is 16.7 Å². The van der Waals surface area contributed by atoms with Gasteiger partial charge in [-0.2, -0.15) is 5.10 Å². The van der Waals surface area contributed by atoms with Gasteiger partial charge in [0.15, 0.2) is 0 Å². The van der Waals surface area contributed by atoms with Crippen LogP contribution in [-0.4, -0.2) is 18.0 Å². The van der Waals surface area contributed by atoms with Crippen LogP contribution in [0.2, 0.25) is 0 Å². The van der Waals surface area contributed by atoms with Gasteiger partial charge < -0.3 is 5.32 Å². The van der Waals surface area contributed by atoms with Crippen LogP contribution in [0.4, 0.5) is 5.69 Å². The van der Waals surface area contributed by atoms with Crippen molar-refractivity contribution in [2.24, 2.45) is 5.10 Å². The number of anilines is 1. The first kappa shape index (κ1) is 18.4. The van der Waals surface area contributed by atoms with Gasteiger partial charge in [-0.15, -0.1) is 0 Å². The lowest BCUT2D eigenvalue weighted by molar-refractivity contribution is -0.136. The predicted molar refractivity (Wildman–Crippen MR) is 101 cm³/mol. The summed E-state index contributed by atoms with van der Waals surface area (Å²) in [6, 6.07) is 13.5. The maximum Gasteiger partial charge on any atom is 0.329 e. The zero-order valence-corrected chi connectivity index (χ0v) is 15.0. The van der Waals surface area contributed by atoms with Crippen molar-refractivity contribution in [1.82, 2.24) is 5.43 Å². The molecule has 0 aliphatic rings. The van der Waals surface area contributed by atoms with Crippen LogP contribution in [0.1, 0.15) is 42.0 Å². The lowest BCUT2D eigenvalue weighted by Gasteiger charge is -2.08. The highest BCUT2D eigenvalue weighted by atomic mass is 16.2. The molecular formula is C20H23N3O2. The van der Waals surface area contributed by atoms with E-state index in [2.05, 4.69) is 29.7 Å². The molecule has 0 aliphatic carbocycles. The molecule has 2 aromatic carbocycles. The van der Waals surface area contributed by atoms with Crippen molar-refractivity contribution in [3.63, 3.8) is 0 Å². The first-order valence-electron chi connectivity index (χ1n) is 8.18. The van der Waals surface area contributed by atoms with Crippen molar-refractivity contribution in [1.29, 1.82) is 0 Å². The minimum absolute atomic E-state index is 0.458. The summed E-state index contributed by atoms with van der Waals surface area (Å²) in [4.78, 5) is 23.8. The van der Waals surface area contributed by atoms with Gasteiger partial charge in [-0.1, -0.05) is 50.2 Å². The van der Waals surface area contributed by atoms with Crippen molar-refractivity contribution in [2.75, 3.05) is 5.32 Å². The second-order valence-corrected chi connectivity index (χ2v) is 6.29. The van der Waals surface area contributed by atoms with E-state index in [-0.39, 0.29) is 0 Å².